The molecule has 0 aliphatic rings. The Labute approximate surface area is 105 Å². The molecule has 0 aliphatic heterocycles. The SMILES string of the molecule is Cc1ccc(NC(=O)Nc2ncccn2)cc1C. The van der Waals surface area contributed by atoms with Gasteiger partial charge < -0.3 is 5.32 Å². The Bertz CT molecular complexity index is 554. The molecule has 0 spiro atoms. The third-order valence-electron chi connectivity index (χ3n) is 2.56. The minimum atomic E-state index is -0.357. The van der Waals surface area contributed by atoms with Gasteiger partial charge in [-0.3, -0.25) is 5.32 Å². The Kier molecular flexibility index (Phi) is 3.52. The summed E-state index contributed by atoms with van der Waals surface area (Å²) in [6.07, 6.45) is 3.14. The molecule has 0 atom stereocenters. The molecule has 18 heavy (non-hydrogen) atoms. The van der Waals surface area contributed by atoms with Crippen LogP contribution in [0.3, 0.4) is 0 Å². The molecule has 92 valence electrons. The van der Waals surface area contributed by atoms with Crippen LogP contribution in [0, 0.1) is 13.8 Å². The van der Waals surface area contributed by atoms with E-state index in [0.717, 1.165) is 11.3 Å². The van der Waals surface area contributed by atoms with Gasteiger partial charge in [0.2, 0.25) is 5.95 Å². The van der Waals surface area contributed by atoms with E-state index in [1.54, 1.807) is 18.5 Å². The van der Waals surface area contributed by atoms with Crippen LogP contribution in [0.25, 0.3) is 0 Å². The molecular weight excluding hydrogens is 228 g/mol. The predicted molar refractivity (Wildman–Crippen MR) is 70.6 cm³/mol. The average Bonchev–Trinajstić information content (AvgIpc) is 2.35. The van der Waals surface area contributed by atoms with Crippen molar-refractivity contribution >= 4 is 17.7 Å². The summed E-state index contributed by atoms with van der Waals surface area (Å²) in [6.45, 7) is 4.02. The zero-order valence-electron chi connectivity index (χ0n) is 10.3. The molecule has 0 bridgehead atoms. The van der Waals surface area contributed by atoms with Gasteiger partial charge in [-0.2, -0.15) is 0 Å². The zero-order valence-corrected chi connectivity index (χ0v) is 10.3. The van der Waals surface area contributed by atoms with E-state index in [2.05, 4.69) is 20.6 Å². The molecule has 2 rings (SSSR count). The lowest BCUT2D eigenvalue weighted by Crippen LogP contribution is -2.20. The molecule has 0 unspecified atom stereocenters. The first-order valence-corrected chi connectivity index (χ1v) is 5.57. The number of aromatic nitrogens is 2. The lowest BCUT2D eigenvalue weighted by atomic mass is 10.1. The van der Waals surface area contributed by atoms with Crippen molar-refractivity contribution in [3.63, 3.8) is 0 Å². The molecule has 5 heteroatoms. The number of hydrogen-bond acceptors (Lipinski definition) is 3. The summed E-state index contributed by atoms with van der Waals surface area (Å²) < 4.78 is 0. The fraction of sp³-hybridized carbons (Fsp3) is 0.154. The molecule has 2 N–H and O–H groups in total. The zero-order chi connectivity index (χ0) is 13.0. The molecule has 5 nitrogen and oxygen atoms in total. The highest BCUT2D eigenvalue weighted by molar-refractivity contribution is 5.98. The van der Waals surface area contributed by atoms with E-state index in [4.69, 9.17) is 0 Å². The van der Waals surface area contributed by atoms with Crippen LogP contribution in [0.4, 0.5) is 16.4 Å². The highest BCUT2D eigenvalue weighted by Gasteiger charge is 2.04. The maximum absolute atomic E-state index is 11.7. The van der Waals surface area contributed by atoms with Crippen LogP contribution in [0.5, 0.6) is 0 Å². The summed E-state index contributed by atoms with van der Waals surface area (Å²) in [6, 6.07) is 7.06. The van der Waals surface area contributed by atoms with Crippen LogP contribution in [0.1, 0.15) is 11.1 Å². The van der Waals surface area contributed by atoms with Crippen molar-refractivity contribution in [2.24, 2.45) is 0 Å². The second kappa shape index (κ2) is 5.27. The van der Waals surface area contributed by atoms with Gasteiger partial charge in [0.25, 0.3) is 0 Å². The van der Waals surface area contributed by atoms with Crippen molar-refractivity contribution in [2.75, 3.05) is 10.6 Å². The van der Waals surface area contributed by atoms with E-state index in [-0.39, 0.29) is 12.0 Å². The fourth-order valence-electron chi connectivity index (χ4n) is 1.45. The van der Waals surface area contributed by atoms with Gasteiger partial charge in [-0.25, -0.2) is 14.8 Å². The Morgan fingerprint density at radius 2 is 1.78 bits per heavy atom. The van der Waals surface area contributed by atoms with Crippen LogP contribution in [-0.2, 0) is 0 Å². The number of anilines is 2. The summed E-state index contributed by atoms with van der Waals surface area (Å²) in [5, 5.41) is 5.28. The number of nitrogens with zero attached hydrogens (tertiary/aromatic N) is 2. The molecular formula is C13H14N4O. The summed E-state index contributed by atoms with van der Waals surface area (Å²) in [5.74, 6) is 0.277. The third-order valence-corrected chi connectivity index (χ3v) is 2.56. The molecule has 0 saturated heterocycles. The first kappa shape index (κ1) is 12.0. The molecule has 0 fully saturated rings. The monoisotopic (exact) mass is 242 g/mol. The number of aryl methyl sites for hydroxylation is 2. The van der Waals surface area contributed by atoms with Crippen molar-refractivity contribution in [1.29, 1.82) is 0 Å². The Balaban J connectivity index is 2.01. The second-order valence-corrected chi connectivity index (χ2v) is 3.95. The standard InChI is InChI=1S/C13H14N4O/c1-9-4-5-11(8-10(9)2)16-13(18)17-12-14-6-3-7-15-12/h3-8H,1-2H3,(H2,14,15,16,17,18). The molecule has 1 heterocycles. The highest BCUT2D eigenvalue weighted by atomic mass is 16.2. The molecule has 0 saturated carbocycles. The average molecular weight is 242 g/mol. The van der Waals surface area contributed by atoms with E-state index in [1.165, 1.54) is 5.56 Å². The highest BCUT2D eigenvalue weighted by Crippen LogP contribution is 2.14. The number of hydrogen-bond donors (Lipinski definition) is 2. The number of carbonyl (C=O) groups excluding carboxylic acids is 1. The lowest BCUT2D eigenvalue weighted by Gasteiger charge is -2.08. The van der Waals surface area contributed by atoms with Gasteiger partial charge in [-0.05, 0) is 43.2 Å². The topological polar surface area (TPSA) is 66.9 Å². The lowest BCUT2D eigenvalue weighted by molar-refractivity contribution is 0.262. The van der Waals surface area contributed by atoms with Crippen LogP contribution >= 0.6 is 0 Å². The van der Waals surface area contributed by atoms with Gasteiger partial charge in [0.15, 0.2) is 0 Å². The van der Waals surface area contributed by atoms with E-state index < -0.39 is 0 Å². The minimum Gasteiger partial charge on any atom is -0.308 e. The Hall–Kier alpha value is -2.43. The molecule has 1 aromatic carbocycles. The maximum Gasteiger partial charge on any atom is 0.326 e. The van der Waals surface area contributed by atoms with Gasteiger partial charge in [0, 0.05) is 18.1 Å². The maximum atomic E-state index is 11.7. The van der Waals surface area contributed by atoms with E-state index in [1.807, 2.05) is 32.0 Å². The number of urea groups is 1. The van der Waals surface area contributed by atoms with Crippen molar-refractivity contribution in [1.82, 2.24) is 9.97 Å². The number of rotatable bonds is 2. The fourth-order valence-corrected chi connectivity index (χ4v) is 1.45. The molecule has 0 radical (unpaired) electrons. The van der Waals surface area contributed by atoms with Crippen LogP contribution in [0.2, 0.25) is 0 Å². The van der Waals surface area contributed by atoms with Gasteiger partial charge in [-0.1, -0.05) is 6.07 Å². The van der Waals surface area contributed by atoms with Crippen LogP contribution < -0.4 is 10.6 Å². The Morgan fingerprint density at radius 3 is 2.44 bits per heavy atom. The van der Waals surface area contributed by atoms with E-state index in [0.29, 0.717) is 0 Å². The molecule has 1 aromatic heterocycles. The summed E-state index contributed by atoms with van der Waals surface area (Å²) in [7, 11) is 0. The molecule has 2 aromatic rings. The van der Waals surface area contributed by atoms with Crippen molar-refractivity contribution in [2.45, 2.75) is 13.8 Å². The van der Waals surface area contributed by atoms with Crippen molar-refractivity contribution in [3.05, 3.63) is 47.8 Å². The van der Waals surface area contributed by atoms with Crippen molar-refractivity contribution in [3.8, 4) is 0 Å². The quantitative estimate of drug-likeness (QED) is 0.850. The summed E-state index contributed by atoms with van der Waals surface area (Å²) in [4.78, 5) is 19.5. The first-order chi connectivity index (χ1) is 8.65. The normalized spacial score (nSPS) is 9.89. The minimum absolute atomic E-state index is 0.277. The number of amides is 2. The Morgan fingerprint density at radius 1 is 1.06 bits per heavy atom. The van der Waals surface area contributed by atoms with Gasteiger partial charge >= 0.3 is 6.03 Å². The van der Waals surface area contributed by atoms with Crippen LogP contribution in [0.15, 0.2) is 36.7 Å². The van der Waals surface area contributed by atoms with E-state index in [9.17, 15) is 4.79 Å². The summed E-state index contributed by atoms with van der Waals surface area (Å²) >= 11 is 0. The summed E-state index contributed by atoms with van der Waals surface area (Å²) in [5.41, 5.74) is 3.06. The van der Waals surface area contributed by atoms with E-state index >= 15 is 0 Å². The second-order valence-electron chi connectivity index (χ2n) is 3.95. The first-order valence-electron chi connectivity index (χ1n) is 5.57. The van der Waals surface area contributed by atoms with Crippen LogP contribution in [-0.4, -0.2) is 16.0 Å². The van der Waals surface area contributed by atoms with Gasteiger partial charge in [0.05, 0.1) is 0 Å². The molecule has 2 amide bonds. The third kappa shape index (κ3) is 3.04. The van der Waals surface area contributed by atoms with Crippen molar-refractivity contribution < 1.29 is 4.79 Å². The number of nitrogens with one attached hydrogen (secondary N) is 2. The van der Waals surface area contributed by atoms with Gasteiger partial charge in [-0.15, -0.1) is 0 Å². The predicted octanol–water partition coefficient (Wildman–Crippen LogP) is 2.74. The largest absolute Gasteiger partial charge is 0.326 e. The smallest absolute Gasteiger partial charge is 0.308 e. The van der Waals surface area contributed by atoms with Gasteiger partial charge in [0.1, 0.15) is 0 Å². The number of carbonyl (C=O) groups is 1. The molecule has 0 aliphatic carbocycles. The number of benzene rings is 1.